The van der Waals surface area contributed by atoms with Crippen molar-refractivity contribution < 1.29 is 13.2 Å². The molecule has 24 heavy (non-hydrogen) atoms. The molecule has 5 nitrogen and oxygen atoms in total. The summed E-state index contributed by atoms with van der Waals surface area (Å²) >= 11 is 0. The molecule has 0 heterocycles. The van der Waals surface area contributed by atoms with Crippen LogP contribution in [-0.4, -0.2) is 20.9 Å². The van der Waals surface area contributed by atoms with Gasteiger partial charge in [0.1, 0.15) is 0 Å². The van der Waals surface area contributed by atoms with Crippen LogP contribution in [0.5, 0.6) is 0 Å². The first kappa shape index (κ1) is 18.2. The second-order valence-corrected chi connectivity index (χ2v) is 7.50. The maximum atomic E-state index is 12.5. The van der Waals surface area contributed by atoms with Crippen molar-refractivity contribution >= 4 is 21.6 Å². The Kier molecular flexibility index (Phi) is 5.41. The highest BCUT2D eigenvalue weighted by Crippen LogP contribution is 2.19. The molecule has 0 aliphatic rings. The molecule has 0 aliphatic carbocycles. The maximum absolute atomic E-state index is 12.5. The fraction of sp³-hybridized carbons (Fsp3) is 0.278. The van der Waals surface area contributed by atoms with Crippen LogP contribution in [0.4, 0.5) is 5.69 Å². The molecule has 0 saturated carbocycles. The predicted octanol–water partition coefficient (Wildman–Crippen LogP) is 3.16. The van der Waals surface area contributed by atoms with Gasteiger partial charge in [0, 0.05) is 17.8 Å². The summed E-state index contributed by atoms with van der Waals surface area (Å²) in [5.41, 5.74) is 3.96. The Balaban J connectivity index is 2.33. The number of carbonyl (C=O) groups is 1. The molecule has 0 aromatic heterocycles. The maximum Gasteiger partial charge on any atom is 0.255 e. The molecular weight excluding hydrogens is 324 g/mol. The average Bonchev–Trinajstić information content (AvgIpc) is 2.51. The number of rotatable bonds is 5. The number of hydrogen-bond acceptors (Lipinski definition) is 3. The van der Waals surface area contributed by atoms with E-state index in [1.54, 1.807) is 19.9 Å². The predicted molar refractivity (Wildman–Crippen MR) is 95.9 cm³/mol. The molecule has 6 heteroatoms. The summed E-state index contributed by atoms with van der Waals surface area (Å²) in [6.07, 6.45) is 0. The van der Waals surface area contributed by atoms with E-state index in [4.69, 9.17) is 0 Å². The summed E-state index contributed by atoms with van der Waals surface area (Å²) in [5, 5.41) is 2.82. The molecular formula is C18H22N2O3S. The van der Waals surface area contributed by atoms with Crippen LogP contribution < -0.4 is 10.0 Å². The van der Waals surface area contributed by atoms with Gasteiger partial charge in [0.2, 0.25) is 10.0 Å². The number of aryl methyl sites for hydroxylation is 3. The van der Waals surface area contributed by atoms with Gasteiger partial charge in [-0.05, 0) is 61.7 Å². The minimum atomic E-state index is -3.60. The first-order valence-electron chi connectivity index (χ1n) is 7.73. The van der Waals surface area contributed by atoms with Crippen LogP contribution in [0.1, 0.15) is 34.0 Å². The number of hydrogen-bond donors (Lipinski definition) is 2. The van der Waals surface area contributed by atoms with E-state index in [9.17, 15) is 13.2 Å². The Morgan fingerprint density at radius 1 is 0.958 bits per heavy atom. The van der Waals surface area contributed by atoms with Gasteiger partial charge in [-0.15, -0.1) is 0 Å². The number of amides is 1. The van der Waals surface area contributed by atoms with E-state index in [2.05, 4.69) is 10.0 Å². The van der Waals surface area contributed by atoms with Crippen LogP contribution in [0.3, 0.4) is 0 Å². The van der Waals surface area contributed by atoms with Crippen LogP contribution in [-0.2, 0) is 10.0 Å². The summed E-state index contributed by atoms with van der Waals surface area (Å²) < 4.78 is 26.7. The van der Waals surface area contributed by atoms with Crippen LogP contribution in [0.15, 0.2) is 41.3 Å². The molecule has 0 aliphatic heterocycles. The van der Waals surface area contributed by atoms with Gasteiger partial charge in [-0.3, -0.25) is 4.79 Å². The van der Waals surface area contributed by atoms with Gasteiger partial charge in [0.05, 0.1) is 4.90 Å². The van der Waals surface area contributed by atoms with E-state index < -0.39 is 10.0 Å². The number of carbonyl (C=O) groups excluding carboxylic acids is 1. The van der Waals surface area contributed by atoms with Crippen molar-refractivity contribution in [1.29, 1.82) is 0 Å². The molecule has 1 amide bonds. The Hall–Kier alpha value is -2.18. The van der Waals surface area contributed by atoms with Crippen molar-refractivity contribution in [3.05, 3.63) is 58.7 Å². The molecule has 128 valence electrons. The quantitative estimate of drug-likeness (QED) is 0.873. The van der Waals surface area contributed by atoms with Crippen molar-refractivity contribution in [2.24, 2.45) is 0 Å². The smallest absolute Gasteiger partial charge is 0.255 e. The molecule has 0 bridgehead atoms. The molecule has 0 spiro atoms. The fourth-order valence-corrected chi connectivity index (χ4v) is 3.37. The van der Waals surface area contributed by atoms with Gasteiger partial charge < -0.3 is 5.32 Å². The largest absolute Gasteiger partial charge is 0.322 e. The highest BCUT2D eigenvalue weighted by molar-refractivity contribution is 7.89. The lowest BCUT2D eigenvalue weighted by atomic mass is 10.1. The van der Waals surface area contributed by atoms with Crippen molar-refractivity contribution in [1.82, 2.24) is 4.72 Å². The van der Waals surface area contributed by atoms with Crippen LogP contribution >= 0.6 is 0 Å². The topological polar surface area (TPSA) is 75.3 Å². The summed E-state index contributed by atoms with van der Waals surface area (Å²) in [7, 11) is -3.60. The lowest BCUT2D eigenvalue weighted by molar-refractivity contribution is 0.102. The normalized spacial score (nSPS) is 11.3. The Morgan fingerprint density at radius 3 is 2.25 bits per heavy atom. The third-order valence-electron chi connectivity index (χ3n) is 3.86. The molecule has 2 aromatic carbocycles. The lowest BCUT2D eigenvalue weighted by Crippen LogP contribution is -2.24. The van der Waals surface area contributed by atoms with E-state index in [0.717, 1.165) is 11.1 Å². The van der Waals surface area contributed by atoms with Crippen molar-refractivity contribution in [2.75, 3.05) is 11.9 Å². The average molecular weight is 346 g/mol. The van der Waals surface area contributed by atoms with Crippen LogP contribution in [0, 0.1) is 20.8 Å². The zero-order valence-corrected chi connectivity index (χ0v) is 15.1. The second-order valence-electron chi connectivity index (χ2n) is 5.73. The van der Waals surface area contributed by atoms with E-state index in [-0.39, 0.29) is 10.8 Å². The highest BCUT2D eigenvalue weighted by atomic mass is 32.2. The highest BCUT2D eigenvalue weighted by Gasteiger charge is 2.17. The molecule has 0 unspecified atom stereocenters. The zero-order valence-electron chi connectivity index (χ0n) is 14.3. The van der Waals surface area contributed by atoms with E-state index in [1.807, 2.05) is 32.0 Å². The summed E-state index contributed by atoms with van der Waals surface area (Å²) in [5.74, 6) is -0.329. The third-order valence-corrected chi connectivity index (χ3v) is 5.41. The fourth-order valence-electron chi connectivity index (χ4n) is 2.30. The lowest BCUT2D eigenvalue weighted by Gasteiger charge is -2.11. The number of sulfonamides is 1. The van der Waals surface area contributed by atoms with Gasteiger partial charge in [0.25, 0.3) is 5.91 Å². The van der Waals surface area contributed by atoms with Gasteiger partial charge in [-0.1, -0.05) is 19.1 Å². The minimum absolute atomic E-state index is 0.0835. The molecule has 2 aromatic rings. The van der Waals surface area contributed by atoms with Crippen LogP contribution in [0.2, 0.25) is 0 Å². The van der Waals surface area contributed by atoms with Gasteiger partial charge in [-0.25, -0.2) is 13.1 Å². The third kappa shape index (κ3) is 4.01. The van der Waals surface area contributed by atoms with Gasteiger partial charge in [0.15, 0.2) is 0 Å². The molecule has 2 N–H and O–H groups in total. The first-order valence-corrected chi connectivity index (χ1v) is 9.22. The van der Waals surface area contributed by atoms with Gasteiger partial charge >= 0.3 is 0 Å². The summed E-state index contributed by atoms with van der Waals surface area (Å²) in [4.78, 5) is 12.6. The SMILES string of the molecule is CCNS(=O)(=O)c1ccc(C)c(C(=O)Nc2ccc(C)c(C)c2)c1. The Bertz CT molecular complexity index is 874. The van der Waals surface area contributed by atoms with E-state index >= 15 is 0 Å². The number of benzene rings is 2. The standard InChI is InChI=1S/C18H22N2O3S/c1-5-19-24(22,23)16-9-7-13(3)17(11-16)18(21)20-15-8-6-12(2)14(4)10-15/h6-11,19H,5H2,1-4H3,(H,20,21). The number of anilines is 1. The Labute approximate surface area is 143 Å². The molecule has 0 atom stereocenters. The molecule has 0 saturated heterocycles. The first-order chi connectivity index (χ1) is 11.2. The zero-order chi connectivity index (χ0) is 17.9. The Morgan fingerprint density at radius 2 is 1.62 bits per heavy atom. The minimum Gasteiger partial charge on any atom is -0.322 e. The van der Waals surface area contributed by atoms with Crippen molar-refractivity contribution in [3.8, 4) is 0 Å². The molecule has 0 radical (unpaired) electrons. The monoisotopic (exact) mass is 346 g/mol. The van der Waals surface area contributed by atoms with Crippen LogP contribution in [0.25, 0.3) is 0 Å². The van der Waals surface area contributed by atoms with Crippen molar-refractivity contribution in [2.45, 2.75) is 32.6 Å². The van der Waals surface area contributed by atoms with E-state index in [0.29, 0.717) is 23.4 Å². The number of nitrogens with one attached hydrogen (secondary N) is 2. The second kappa shape index (κ2) is 7.15. The molecule has 0 fully saturated rings. The summed E-state index contributed by atoms with van der Waals surface area (Å²) in [6.45, 7) is 7.75. The van der Waals surface area contributed by atoms with Gasteiger partial charge in [-0.2, -0.15) is 0 Å². The summed E-state index contributed by atoms with van der Waals surface area (Å²) in [6, 6.07) is 10.2. The van der Waals surface area contributed by atoms with E-state index in [1.165, 1.54) is 12.1 Å². The van der Waals surface area contributed by atoms with Crippen molar-refractivity contribution in [3.63, 3.8) is 0 Å². The molecule has 2 rings (SSSR count).